The molecule has 1 N–H and O–H groups in total. The van der Waals surface area contributed by atoms with Gasteiger partial charge in [0.05, 0.1) is 0 Å². The number of hydrogen-bond donors (Lipinski definition) is 1. The lowest BCUT2D eigenvalue weighted by Crippen LogP contribution is -2.08. The molecule has 0 saturated heterocycles. The van der Waals surface area contributed by atoms with E-state index in [1.54, 1.807) is 0 Å². The maximum absolute atomic E-state index is 10.5. The van der Waals surface area contributed by atoms with Gasteiger partial charge in [0, 0.05) is 19.3 Å². The molecule has 1 aliphatic carbocycles. The molecule has 2 heteroatoms. The molecule has 0 amide bonds. The molecule has 0 aromatic carbocycles. The van der Waals surface area contributed by atoms with Crippen molar-refractivity contribution in [3.8, 4) is 11.8 Å². The Morgan fingerprint density at radius 2 is 1.59 bits per heavy atom. The number of carbonyl (C=O) groups is 1. The first-order chi connectivity index (χ1) is 10.7. The Morgan fingerprint density at radius 3 is 2.27 bits per heavy atom. The fourth-order valence-electron chi connectivity index (χ4n) is 3.66. The zero-order valence-electron chi connectivity index (χ0n) is 14.4. The van der Waals surface area contributed by atoms with Gasteiger partial charge in [-0.1, -0.05) is 51.9 Å². The van der Waals surface area contributed by atoms with Gasteiger partial charge in [-0.25, -0.2) is 0 Å². The van der Waals surface area contributed by atoms with E-state index >= 15 is 0 Å². The summed E-state index contributed by atoms with van der Waals surface area (Å²) in [4.78, 5) is 10.5. The summed E-state index contributed by atoms with van der Waals surface area (Å²) in [6.45, 7) is 2.18. The second-order valence-corrected chi connectivity index (χ2v) is 6.79. The summed E-state index contributed by atoms with van der Waals surface area (Å²) < 4.78 is 0. The predicted octanol–water partition coefficient (Wildman–Crippen LogP) is 5.80. The summed E-state index contributed by atoms with van der Waals surface area (Å²) in [5.41, 5.74) is 0. The van der Waals surface area contributed by atoms with E-state index in [0.29, 0.717) is 6.42 Å². The molecule has 126 valence electrons. The van der Waals surface area contributed by atoms with Gasteiger partial charge in [0.25, 0.3) is 0 Å². The molecule has 0 aromatic rings. The summed E-state index contributed by atoms with van der Waals surface area (Å²) in [6, 6.07) is 0. The molecule has 0 unspecified atom stereocenters. The lowest BCUT2D eigenvalue weighted by Gasteiger charge is -2.19. The average Bonchev–Trinajstić information content (AvgIpc) is 2.93. The highest BCUT2D eigenvalue weighted by molar-refractivity contribution is 5.66. The van der Waals surface area contributed by atoms with Crippen LogP contribution >= 0.6 is 0 Å². The maximum Gasteiger partial charge on any atom is 0.303 e. The SMILES string of the molecule is CCCC#CCCC[C@H]1CCC[C@@H]1CCCCCCC(=O)O. The molecule has 2 nitrogen and oxygen atoms in total. The molecule has 1 fully saturated rings. The van der Waals surface area contributed by atoms with Crippen LogP contribution in [0, 0.1) is 23.7 Å². The van der Waals surface area contributed by atoms with Gasteiger partial charge in [0.1, 0.15) is 0 Å². The number of carboxylic acid groups (broad SMARTS) is 1. The first-order valence-corrected chi connectivity index (χ1v) is 9.41. The van der Waals surface area contributed by atoms with Crippen LogP contribution in [-0.4, -0.2) is 11.1 Å². The molecule has 0 aromatic heterocycles. The normalized spacial score (nSPS) is 20.6. The van der Waals surface area contributed by atoms with Crippen LogP contribution in [0.25, 0.3) is 0 Å². The highest BCUT2D eigenvalue weighted by atomic mass is 16.4. The lowest BCUT2D eigenvalue weighted by atomic mass is 9.87. The number of rotatable bonds is 11. The topological polar surface area (TPSA) is 37.3 Å². The first kappa shape index (κ1) is 19.1. The van der Waals surface area contributed by atoms with E-state index in [2.05, 4.69) is 18.8 Å². The molecular formula is C20H34O2. The smallest absolute Gasteiger partial charge is 0.303 e. The molecule has 0 aliphatic heterocycles. The van der Waals surface area contributed by atoms with Gasteiger partial charge >= 0.3 is 5.97 Å². The van der Waals surface area contributed by atoms with Crippen molar-refractivity contribution in [2.45, 2.75) is 96.8 Å². The summed E-state index contributed by atoms with van der Waals surface area (Å²) in [5, 5.41) is 8.62. The molecule has 1 aliphatic rings. The molecular weight excluding hydrogens is 272 g/mol. The fourth-order valence-corrected chi connectivity index (χ4v) is 3.66. The van der Waals surface area contributed by atoms with E-state index < -0.39 is 5.97 Å². The minimum Gasteiger partial charge on any atom is -0.481 e. The monoisotopic (exact) mass is 306 g/mol. The minimum absolute atomic E-state index is 0.338. The van der Waals surface area contributed by atoms with E-state index in [4.69, 9.17) is 5.11 Å². The van der Waals surface area contributed by atoms with Crippen LogP contribution in [0.2, 0.25) is 0 Å². The molecule has 1 rings (SSSR count). The number of carboxylic acids is 1. The van der Waals surface area contributed by atoms with Crippen LogP contribution in [0.4, 0.5) is 0 Å². The standard InChI is InChI=1S/C20H34O2/c1-2-3-4-5-6-9-13-18-15-12-16-19(18)14-10-7-8-11-17-20(21)22/h18-19H,2-3,6-17H2,1H3,(H,21,22)/t18-,19-/m0/s1. The predicted molar refractivity (Wildman–Crippen MR) is 92.7 cm³/mol. The van der Waals surface area contributed by atoms with Gasteiger partial charge in [-0.2, -0.15) is 0 Å². The number of aliphatic carboxylic acids is 1. The van der Waals surface area contributed by atoms with Crippen LogP contribution in [0.1, 0.15) is 96.8 Å². The van der Waals surface area contributed by atoms with E-state index in [9.17, 15) is 4.79 Å². The van der Waals surface area contributed by atoms with Crippen LogP contribution in [0.15, 0.2) is 0 Å². The van der Waals surface area contributed by atoms with Crippen LogP contribution in [0.5, 0.6) is 0 Å². The average molecular weight is 306 g/mol. The summed E-state index contributed by atoms with van der Waals surface area (Å²) in [6.07, 6.45) is 16.3. The van der Waals surface area contributed by atoms with Crippen molar-refractivity contribution in [2.24, 2.45) is 11.8 Å². The van der Waals surface area contributed by atoms with Crippen molar-refractivity contribution in [3.05, 3.63) is 0 Å². The summed E-state index contributed by atoms with van der Waals surface area (Å²) in [7, 11) is 0. The van der Waals surface area contributed by atoms with E-state index in [-0.39, 0.29) is 0 Å². The van der Waals surface area contributed by atoms with Crippen molar-refractivity contribution in [3.63, 3.8) is 0 Å². The Labute approximate surface area is 137 Å². The second kappa shape index (κ2) is 12.6. The van der Waals surface area contributed by atoms with Gasteiger partial charge in [0.15, 0.2) is 0 Å². The fraction of sp³-hybridized carbons (Fsp3) is 0.850. The molecule has 0 spiro atoms. The van der Waals surface area contributed by atoms with Crippen molar-refractivity contribution >= 4 is 5.97 Å². The lowest BCUT2D eigenvalue weighted by molar-refractivity contribution is -0.137. The number of hydrogen-bond acceptors (Lipinski definition) is 1. The van der Waals surface area contributed by atoms with Crippen molar-refractivity contribution in [1.82, 2.24) is 0 Å². The zero-order chi connectivity index (χ0) is 16.0. The molecule has 0 bridgehead atoms. The van der Waals surface area contributed by atoms with E-state index in [0.717, 1.165) is 37.5 Å². The number of unbranched alkanes of at least 4 members (excludes halogenated alkanes) is 5. The van der Waals surface area contributed by atoms with Crippen LogP contribution in [0.3, 0.4) is 0 Å². The van der Waals surface area contributed by atoms with Gasteiger partial charge < -0.3 is 5.11 Å². The molecule has 0 heterocycles. The Kier molecular flexibility index (Phi) is 10.9. The Bertz CT molecular complexity index is 350. The van der Waals surface area contributed by atoms with Crippen molar-refractivity contribution in [1.29, 1.82) is 0 Å². The summed E-state index contributed by atoms with van der Waals surface area (Å²) >= 11 is 0. The Morgan fingerprint density at radius 1 is 0.955 bits per heavy atom. The van der Waals surface area contributed by atoms with Gasteiger partial charge in [0.2, 0.25) is 0 Å². The van der Waals surface area contributed by atoms with Crippen LogP contribution < -0.4 is 0 Å². The van der Waals surface area contributed by atoms with Gasteiger partial charge in [-0.15, -0.1) is 11.8 Å². The minimum atomic E-state index is -0.655. The third-order valence-electron chi connectivity index (χ3n) is 4.91. The van der Waals surface area contributed by atoms with E-state index in [1.807, 2.05) is 0 Å². The first-order valence-electron chi connectivity index (χ1n) is 9.41. The highest BCUT2D eigenvalue weighted by Gasteiger charge is 2.25. The maximum atomic E-state index is 10.5. The summed E-state index contributed by atoms with van der Waals surface area (Å²) in [5.74, 6) is 7.76. The second-order valence-electron chi connectivity index (χ2n) is 6.79. The molecule has 1 saturated carbocycles. The highest BCUT2D eigenvalue weighted by Crippen LogP contribution is 2.38. The Hall–Kier alpha value is -0.970. The quantitative estimate of drug-likeness (QED) is 0.387. The zero-order valence-corrected chi connectivity index (χ0v) is 14.4. The largest absolute Gasteiger partial charge is 0.481 e. The molecule has 0 radical (unpaired) electrons. The van der Waals surface area contributed by atoms with Gasteiger partial charge in [-0.05, 0) is 37.5 Å². The Balaban J connectivity index is 2.05. The third-order valence-corrected chi connectivity index (χ3v) is 4.91. The van der Waals surface area contributed by atoms with Crippen molar-refractivity contribution in [2.75, 3.05) is 0 Å². The molecule has 2 atom stereocenters. The van der Waals surface area contributed by atoms with Gasteiger partial charge in [-0.3, -0.25) is 4.79 Å². The third kappa shape index (κ3) is 9.13. The molecule has 22 heavy (non-hydrogen) atoms. The van der Waals surface area contributed by atoms with Crippen molar-refractivity contribution < 1.29 is 9.90 Å². The van der Waals surface area contributed by atoms with Crippen LogP contribution in [-0.2, 0) is 4.79 Å². The van der Waals surface area contributed by atoms with E-state index in [1.165, 1.54) is 57.8 Å².